The summed E-state index contributed by atoms with van der Waals surface area (Å²) < 4.78 is 4.95. The van der Waals surface area contributed by atoms with Gasteiger partial charge in [-0.05, 0) is 33.1 Å². The van der Waals surface area contributed by atoms with Crippen LogP contribution in [0.25, 0.3) is 0 Å². The van der Waals surface area contributed by atoms with E-state index in [1.54, 1.807) is 6.92 Å². The van der Waals surface area contributed by atoms with E-state index in [4.69, 9.17) is 14.9 Å². The van der Waals surface area contributed by atoms with Crippen LogP contribution in [0, 0.1) is 0 Å². The van der Waals surface area contributed by atoms with E-state index in [1.807, 2.05) is 0 Å². The van der Waals surface area contributed by atoms with Crippen LogP contribution in [0.5, 0.6) is 0 Å². The van der Waals surface area contributed by atoms with Gasteiger partial charge in [0.2, 0.25) is 0 Å². The van der Waals surface area contributed by atoms with E-state index in [9.17, 15) is 14.6 Å². The summed E-state index contributed by atoms with van der Waals surface area (Å²) in [5.74, 6) is -0.622. The molecule has 9 heteroatoms. The second-order valence-corrected chi connectivity index (χ2v) is 5.19. The first kappa shape index (κ1) is 21.0. The molecular formula is C13H27BN2O6. The van der Waals surface area contributed by atoms with Gasteiger partial charge in [-0.25, -0.2) is 0 Å². The van der Waals surface area contributed by atoms with Gasteiger partial charge in [0, 0.05) is 0 Å². The van der Waals surface area contributed by atoms with Crippen molar-refractivity contribution in [1.82, 2.24) is 10.5 Å². The standard InChI is InChI=1S/C13H27BN2O6/c1-10(7-17)15-6-4-3-5-12(16-14(2)21)13(20)22-11(8-18)9-19/h7,10-12,15-16,18-19,21H,3-6,8-9H2,1-2H3. The third-order valence-electron chi connectivity index (χ3n) is 3.01. The second-order valence-electron chi connectivity index (χ2n) is 5.19. The largest absolute Gasteiger partial charge is 0.456 e. The molecule has 0 saturated heterocycles. The van der Waals surface area contributed by atoms with Crippen LogP contribution < -0.4 is 10.5 Å². The number of esters is 1. The van der Waals surface area contributed by atoms with Crippen molar-refractivity contribution in [2.45, 2.75) is 51.2 Å². The summed E-state index contributed by atoms with van der Waals surface area (Å²) in [5, 5.41) is 32.9. The number of unbranched alkanes of at least 4 members (excludes halogenated alkanes) is 1. The lowest BCUT2D eigenvalue weighted by atomic mass is 9.86. The summed E-state index contributed by atoms with van der Waals surface area (Å²) in [6.45, 7) is 2.97. The van der Waals surface area contributed by atoms with Crippen LogP contribution in [0.1, 0.15) is 26.2 Å². The van der Waals surface area contributed by atoms with Crippen LogP contribution in [-0.4, -0.2) is 72.5 Å². The monoisotopic (exact) mass is 318 g/mol. The SMILES string of the molecule is CB(O)NC(CCCCNC(C)C=O)C(=O)OC(CO)CO. The summed E-state index contributed by atoms with van der Waals surface area (Å²) in [6, 6.07) is -0.921. The molecule has 0 aromatic heterocycles. The molecule has 0 amide bonds. The average Bonchev–Trinajstić information content (AvgIpc) is 2.50. The fourth-order valence-electron chi connectivity index (χ4n) is 1.79. The molecule has 5 N–H and O–H groups in total. The number of nitrogens with one attached hydrogen (secondary N) is 2. The van der Waals surface area contributed by atoms with Gasteiger partial charge in [-0.15, -0.1) is 0 Å². The number of rotatable bonds is 13. The quantitative estimate of drug-likeness (QED) is 0.118. The molecule has 0 saturated carbocycles. The van der Waals surface area contributed by atoms with Crippen molar-refractivity contribution in [3.05, 3.63) is 0 Å². The molecule has 0 radical (unpaired) electrons. The predicted molar refractivity (Wildman–Crippen MR) is 82.2 cm³/mol. The molecule has 0 aliphatic rings. The van der Waals surface area contributed by atoms with Crippen molar-refractivity contribution < 1.29 is 29.6 Å². The first-order chi connectivity index (χ1) is 10.4. The van der Waals surface area contributed by atoms with Crippen molar-refractivity contribution >= 4 is 19.3 Å². The highest BCUT2D eigenvalue weighted by Gasteiger charge is 2.24. The average molecular weight is 318 g/mol. The molecule has 0 fully saturated rings. The normalized spacial score (nSPS) is 13.7. The van der Waals surface area contributed by atoms with Crippen LogP contribution >= 0.6 is 0 Å². The van der Waals surface area contributed by atoms with Crippen LogP contribution in [0.15, 0.2) is 0 Å². The van der Waals surface area contributed by atoms with E-state index >= 15 is 0 Å². The van der Waals surface area contributed by atoms with Gasteiger partial charge in [-0.2, -0.15) is 0 Å². The van der Waals surface area contributed by atoms with Gasteiger partial charge >= 0.3 is 13.0 Å². The predicted octanol–water partition coefficient (Wildman–Crippen LogP) is -1.70. The smallest absolute Gasteiger partial charge is 0.374 e. The van der Waals surface area contributed by atoms with E-state index in [1.165, 1.54) is 6.82 Å². The molecule has 22 heavy (non-hydrogen) atoms. The molecule has 2 atom stereocenters. The van der Waals surface area contributed by atoms with Crippen molar-refractivity contribution in [3.8, 4) is 0 Å². The van der Waals surface area contributed by atoms with Gasteiger partial charge in [-0.1, -0.05) is 6.42 Å². The van der Waals surface area contributed by atoms with Crippen molar-refractivity contribution in [2.75, 3.05) is 19.8 Å². The third kappa shape index (κ3) is 9.85. The molecule has 0 spiro atoms. The Kier molecular flexibility index (Phi) is 12.0. The zero-order valence-corrected chi connectivity index (χ0v) is 13.2. The number of hydrogen-bond acceptors (Lipinski definition) is 8. The number of hydrogen-bond donors (Lipinski definition) is 5. The third-order valence-corrected chi connectivity index (χ3v) is 3.01. The van der Waals surface area contributed by atoms with Crippen molar-refractivity contribution in [1.29, 1.82) is 0 Å². The minimum absolute atomic E-state index is 0.203. The Morgan fingerprint density at radius 1 is 1.32 bits per heavy atom. The zero-order valence-electron chi connectivity index (χ0n) is 13.2. The Morgan fingerprint density at radius 3 is 2.45 bits per heavy atom. The zero-order chi connectivity index (χ0) is 17.0. The Labute approximate surface area is 131 Å². The molecule has 0 bridgehead atoms. The summed E-state index contributed by atoms with van der Waals surface area (Å²) in [7, 11) is -0.882. The number of carbonyl (C=O) groups is 2. The highest BCUT2D eigenvalue weighted by molar-refractivity contribution is 6.46. The molecule has 0 heterocycles. The first-order valence-corrected chi connectivity index (χ1v) is 7.49. The Morgan fingerprint density at radius 2 is 1.95 bits per heavy atom. The van der Waals surface area contributed by atoms with Crippen LogP contribution in [0.3, 0.4) is 0 Å². The van der Waals surface area contributed by atoms with E-state index in [0.717, 1.165) is 12.7 Å². The molecule has 0 aliphatic heterocycles. The van der Waals surface area contributed by atoms with Gasteiger partial charge in [0.25, 0.3) is 0 Å². The van der Waals surface area contributed by atoms with Crippen LogP contribution in [-0.2, 0) is 14.3 Å². The van der Waals surface area contributed by atoms with E-state index in [0.29, 0.717) is 19.4 Å². The molecule has 0 aromatic rings. The number of aldehydes is 1. The highest BCUT2D eigenvalue weighted by atomic mass is 16.6. The van der Waals surface area contributed by atoms with E-state index < -0.39 is 38.4 Å². The lowest BCUT2D eigenvalue weighted by molar-refractivity contribution is -0.155. The molecule has 8 nitrogen and oxygen atoms in total. The summed E-state index contributed by atoms with van der Waals surface area (Å²) in [6.07, 6.45) is 1.73. The number of carbonyl (C=O) groups excluding carboxylic acids is 2. The van der Waals surface area contributed by atoms with Gasteiger partial charge in [-0.3, -0.25) is 4.79 Å². The number of aliphatic hydroxyl groups excluding tert-OH is 2. The first-order valence-electron chi connectivity index (χ1n) is 7.49. The van der Waals surface area contributed by atoms with Gasteiger partial charge in [0.15, 0.2) is 0 Å². The van der Waals surface area contributed by atoms with Crippen molar-refractivity contribution in [3.63, 3.8) is 0 Å². The fraction of sp³-hybridized carbons (Fsp3) is 0.846. The Hall–Kier alpha value is -0.995. The summed E-state index contributed by atoms with van der Waals surface area (Å²) in [5.41, 5.74) is 0. The summed E-state index contributed by atoms with van der Waals surface area (Å²) in [4.78, 5) is 22.4. The molecule has 2 unspecified atom stereocenters. The Balaban J connectivity index is 4.22. The minimum atomic E-state index is -0.957. The van der Waals surface area contributed by atoms with Gasteiger partial charge in [0.1, 0.15) is 12.4 Å². The Bertz CT molecular complexity index is 315. The maximum atomic E-state index is 11.9. The summed E-state index contributed by atoms with van der Waals surface area (Å²) >= 11 is 0. The molecule has 0 rings (SSSR count). The maximum Gasteiger partial charge on any atom is 0.374 e. The number of ether oxygens (including phenoxy) is 1. The molecule has 0 aromatic carbocycles. The lowest BCUT2D eigenvalue weighted by Crippen LogP contribution is -2.47. The molecule has 0 aliphatic carbocycles. The van der Waals surface area contributed by atoms with Gasteiger partial charge < -0.3 is 35.3 Å². The van der Waals surface area contributed by atoms with Crippen LogP contribution in [0.2, 0.25) is 6.82 Å². The minimum Gasteiger partial charge on any atom is -0.456 e. The van der Waals surface area contributed by atoms with Gasteiger partial charge in [0.05, 0.1) is 25.3 Å². The maximum absolute atomic E-state index is 11.9. The highest BCUT2D eigenvalue weighted by Crippen LogP contribution is 2.05. The second kappa shape index (κ2) is 12.5. The number of aliphatic hydroxyl groups is 2. The van der Waals surface area contributed by atoms with E-state index in [2.05, 4.69) is 10.5 Å². The lowest BCUT2D eigenvalue weighted by Gasteiger charge is -2.21. The van der Waals surface area contributed by atoms with E-state index in [-0.39, 0.29) is 6.04 Å². The topological polar surface area (TPSA) is 128 Å². The fourth-order valence-corrected chi connectivity index (χ4v) is 1.79. The van der Waals surface area contributed by atoms with Crippen molar-refractivity contribution in [2.24, 2.45) is 0 Å². The molecule has 128 valence electrons. The van der Waals surface area contributed by atoms with Crippen LogP contribution in [0.4, 0.5) is 0 Å². The molecular weight excluding hydrogens is 291 g/mol.